The van der Waals surface area contributed by atoms with Crippen molar-refractivity contribution in [2.75, 3.05) is 13.7 Å². The summed E-state index contributed by atoms with van der Waals surface area (Å²) < 4.78 is 27.0. The van der Waals surface area contributed by atoms with Crippen LogP contribution in [0.1, 0.15) is 6.23 Å². The second kappa shape index (κ2) is 6.33. The number of aliphatic hydroxyl groups excluding tert-OH is 2. The first kappa shape index (κ1) is 17.2. The van der Waals surface area contributed by atoms with Crippen LogP contribution in [0.5, 0.6) is 0 Å². The summed E-state index contributed by atoms with van der Waals surface area (Å²) in [7, 11) is -3.26. The fourth-order valence-electron chi connectivity index (χ4n) is 2.37. The normalized spacial score (nSPS) is 29.8. The summed E-state index contributed by atoms with van der Waals surface area (Å²) >= 11 is 0. The van der Waals surface area contributed by atoms with E-state index in [0.29, 0.717) is 0 Å². The van der Waals surface area contributed by atoms with Crippen molar-refractivity contribution in [2.45, 2.75) is 24.5 Å². The number of H-pyrrole nitrogens is 1. The van der Waals surface area contributed by atoms with E-state index in [4.69, 9.17) is 4.74 Å². The molecule has 1 saturated heterocycles. The molecular weight excluding hydrogens is 347 g/mol. The van der Waals surface area contributed by atoms with Crippen molar-refractivity contribution in [3.8, 4) is 0 Å². The molecule has 2 aromatic rings. The summed E-state index contributed by atoms with van der Waals surface area (Å²) in [5, 5.41) is 20.2. The predicted octanol–water partition coefficient (Wildman–Crippen LogP) is -1.50. The summed E-state index contributed by atoms with van der Waals surface area (Å²) in [6, 6.07) is 0. The lowest BCUT2D eigenvalue weighted by molar-refractivity contribution is -0.0509. The Morgan fingerprint density at radius 2 is 2.17 bits per heavy atom. The number of imidazole rings is 1. The number of hydrogen-bond donors (Lipinski definition) is 4. The maximum atomic E-state index is 11.6. The van der Waals surface area contributed by atoms with Gasteiger partial charge in [-0.15, -0.1) is 0 Å². The maximum absolute atomic E-state index is 11.6. The number of phosphoric acid groups is 1. The highest BCUT2D eigenvalue weighted by atomic mass is 31.2. The number of phosphoric ester groups is 1. The molecule has 13 heteroatoms. The minimum atomic E-state index is -4.25. The zero-order chi connectivity index (χ0) is 17.5. The molecule has 0 amide bonds. The van der Waals surface area contributed by atoms with Gasteiger partial charge in [-0.2, -0.15) is 0 Å². The Labute approximate surface area is 134 Å². The molecule has 132 valence electrons. The molecule has 4 N–H and O–H groups in total. The molecule has 0 saturated carbocycles. The average molecular weight is 362 g/mol. The van der Waals surface area contributed by atoms with Gasteiger partial charge in [0.05, 0.1) is 19.3 Å². The first-order valence-corrected chi connectivity index (χ1v) is 8.28. The van der Waals surface area contributed by atoms with Crippen molar-refractivity contribution in [3.05, 3.63) is 23.0 Å². The molecule has 3 rings (SSSR count). The van der Waals surface area contributed by atoms with Gasteiger partial charge in [-0.05, 0) is 0 Å². The summed E-state index contributed by atoms with van der Waals surface area (Å²) in [6.45, 7) is -0.489. The van der Waals surface area contributed by atoms with Crippen molar-refractivity contribution in [1.82, 2.24) is 19.5 Å². The minimum Gasteiger partial charge on any atom is -0.387 e. The van der Waals surface area contributed by atoms with Gasteiger partial charge in [0.1, 0.15) is 18.3 Å². The topological polar surface area (TPSA) is 169 Å². The number of nitrogens with one attached hydrogen (secondary N) is 1. The molecule has 1 aliphatic rings. The lowest BCUT2D eigenvalue weighted by Crippen LogP contribution is -2.33. The van der Waals surface area contributed by atoms with E-state index in [1.807, 2.05) is 0 Å². The molecule has 0 aliphatic carbocycles. The Hall–Kier alpha value is -1.66. The number of aromatic nitrogens is 4. The molecule has 0 spiro atoms. The van der Waals surface area contributed by atoms with Gasteiger partial charge in [-0.3, -0.25) is 18.4 Å². The van der Waals surface area contributed by atoms with Crippen LogP contribution in [-0.4, -0.2) is 66.7 Å². The average Bonchev–Trinajstić information content (AvgIpc) is 3.10. The second-order valence-corrected chi connectivity index (χ2v) is 6.61. The molecule has 24 heavy (non-hydrogen) atoms. The number of aromatic amines is 1. The lowest BCUT2D eigenvalue weighted by atomic mass is 10.1. The Morgan fingerprint density at radius 3 is 2.88 bits per heavy atom. The van der Waals surface area contributed by atoms with E-state index in [-0.39, 0.29) is 11.2 Å². The van der Waals surface area contributed by atoms with Crippen molar-refractivity contribution in [1.29, 1.82) is 0 Å². The molecule has 12 nitrogen and oxygen atoms in total. The van der Waals surface area contributed by atoms with Gasteiger partial charge in [0.15, 0.2) is 17.4 Å². The number of fused-ring (bicyclic) bond motifs is 1. The second-order valence-electron chi connectivity index (χ2n) is 5.05. The number of hydrogen-bond acceptors (Lipinski definition) is 9. The summed E-state index contributed by atoms with van der Waals surface area (Å²) in [6.07, 6.45) is -2.58. The number of nitrogens with zero attached hydrogens (tertiary/aromatic N) is 3. The van der Waals surface area contributed by atoms with Crippen LogP contribution in [0.2, 0.25) is 0 Å². The largest absolute Gasteiger partial charge is 0.472 e. The van der Waals surface area contributed by atoms with Crippen LogP contribution in [0.4, 0.5) is 0 Å². The summed E-state index contributed by atoms with van der Waals surface area (Å²) in [4.78, 5) is 31.1. The first-order valence-electron chi connectivity index (χ1n) is 6.79. The van der Waals surface area contributed by atoms with Gasteiger partial charge in [0, 0.05) is 7.11 Å². The molecule has 0 bridgehead atoms. The maximum Gasteiger partial charge on any atom is 0.472 e. The van der Waals surface area contributed by atoms with Gasteiger partial charge in [-0.1, -0.05) is 0 Å². The van der Waals surface area contributed by atoms with E-state index in [2.05, 4.69) is 24.0 Å². The van der Waals surface area contributed by atoms with Gasteiger partial charge >= 0.3 is 7.82 Å². The van der Waals surface area contributed by atoms with Crippen LogP contribution in [0.15, 0.2) is 17.4 Å². The fourth-order valence-corrected chi connectivity index (χ4v) is 2.81. The van der Waals surface area contributed by atoms with Crippen molar-refractivity contribution < 1.29 is 33.5 Å². The zero-order valence-electron chi connectivity index (χ0n) is 12.3. The van der Waals surface area contributed by atoms with Crippen LogP contribution in [0, 0.1) is 0 Å². The molecule has 1 aliphatic heterocycles. The third-order valence-electron chi connectivity index (χ3n) is 3.61. The Morgan fingerprint density at radius 1 is 1.42 bits per heavy atom. The lowest BCUT2D eigenvalue weighted by Gasteiger charge is -2.16. The van der Waals surface area contributed by atoms with Crippen LogP contribution in [-0.2, 0) is 18.3 Å². The molecule has 0 radical (unpaired) electrons. The Bertz CT molecular complexity index is 837. The summed E-state index contributed by atoms with van der Waals surface area (Å²) in [5.74, 6) is 0. The molecule has 1 unspecified atom stereocenters. The van der Waals surface area contributed by atoms with Crippen molar-refractivity contribution in [2.24, 2.45) is 0 Å². The number of ether oxygens (including phenoxy) is 1. The van der Waals surface area contributed by atoms with Crippen molar-refractivity contribution >= 4 is 19.0 Å². The molecule has 5 atom stereocenters. The standard InChI is InChI=1S/C11H15N4O8P/c1-21-24(19,20)22-2-5-7(16)8(17)11(23-5)15-4-14-6-9(15)12-3-13-10(6)18/h3-5,7-8,11,16-17H,2H2,1H3,(H,19,20)(H,12,13,18)/t5-,7-,8+,11-/m1/s1. The smallest absolute Gasteiger partial charge is 0.387 e. The van der Waals surface area contributed by atoms with E-state index in [1.165, 1.54) is 17.2 Å². The van der Waals surface area contributed by atoms with Crippen LogP contribution >= 0.6 is 7.82 Å². The number of aliphatic hydroxyl groups is 2. The van der Waals surface area contributed by atoms with E-state index in [0.717, 1.165) is 7.11 Å². The highest BCUT2D eigenvalue weighted by molar-refractivity contribution is 7.47. The van der Waals surface area contributed by atoms with Gasteiger partial charge < -0.3 is 24.8 Å². The van der Waals surface area contributed by atoms with Crippen molar-refractivity contribution in [3.63, 3.8) is 0 Å². The van der Waals surface area contributed by atoms with Crippen LogP contribution in [0.3, 0.4) is 0 Å². The molecule has 1 fully saturated rings. The third kappa shape index (κ3) is 3.00. The SMILES string of the molecule is COP(=O)(O)OC[C@H]1O[C@@H](n2cnc3c(=O)[nH]cnc32)[C@@H](O)[C@@H]1O. The van der Waals surface area contributed by atoms with Gasteiger partial charge in [0.25, 0.3) is 5.56 Å². The van der Waals surface area contributed by atoms with E-state index >= 15 is 0 Å². The Kier molecular flexibility index (Phi) is 4.53. The quantitative estimate of drug-likeness (QED) is 0.459. The van der Waals surface area contributed by atoms with Gasteiger partial charge in [-0.25, -0.2) is 14.5 Å². The molecule has 3 heterocycles. The number of rotatable bonds is 5. The molecule has 0 aromatic carbocycles. The van der Waals surface area contributed by atoms with E-state index in [9.17, 15) is 24.5 Å². The predicted molar refractivity (Wildman–Crippen MR) is 76.9 cm³/mol. The third-order valence-corrected chi connectivity index (χ3v) is 4.55. The monoisotopic (exact) mass is 362 g/mol. The molecule has 2 aromatic heterocycles. The van der Waals surface area contributed by atoms with E-state index < -0.39 is 44.5 Å². The van der Waals surface area contributed by atoms with E-state index in [1.54, 1.807) is 0 Å². The van der Waals surface area contributed by atoms with Crippen LogP contribution in [0.25, 0.3) is 11.2 Å². The first-order chi connectivity index (χ1) is 11.3. The highest BCUT2D eigenvalue weighted by Crippen LogP contribution is 2.43. The molecular formula is C11H15N4O8P. The van der Waals surface area contributed by atoms with Gasteiger partial charge in [0.2, 0.25) is 0 Å². The summed E-state index contributed by atoms with van der Waals surface area (Å²) in [5.41, 5.74) is -0.268. The fraction of sp³-hybridized carbons (Fsp3) is 0.545. The highest BCUT2D eigenvalue weighted by Gasteiger charge is 2.45. The minimum absolute atomic E-state index is 0.0433. The van der Waals surface area contributed by atoms with Crippen LogP contribution < -0.4 is 5.56 Å². The Balaban J connectivity index is 1.83. The zero-order valence-corrected chi connectivity index (χ0v) is 13.2.